The van der Waals surface area contributed by atoms with Crippen molar-refractivity contribution in [1.82, 2.24) is 0 Å². The summed E-state index contributed by atoms with van der Waals surface area (Å²) in [6.07, 6.45) is 0.652. The van der Waals surface area contributed by atoms with Gasteiger partial charge < -0.3 is 9.84 Å². The number of ether oxygens (including phenoxy) is 1. The maximum atomic E-state index is 13.9. The third-order valence-electron chi connectivity index (χ3n) is 3.94. The molecule has 1 N–H and O–H groups in total. The second-order valence-corrected chi connectivity index (χ2v) is 5.27. The maximum Gasteiger partial charge on any atom is 0.165 e. The zero-order valence-corrected chi connectivity index (χ0v) is 10.2. The minimum absolute atomic E-state index is 0.113. The van der Waals surface area contributed by atoms with Crippen LogP contribution in [0.5, 0.6) is 5.75 Å². The number of hydrogen-bond donors (Lipinski definition) is 1. The van der Waals surface area contributed by atoms with Crippen molar-refractivity contribution in [2.45, 2.75) is 25.7 Å². The van der Waals surface area contributed by atoms with Crippen molar-refractivity contribution in [3.8, 4) is 5.75 Å². The van der Waals surface area contributed by atoms with Crippen LogP contribution in [0, 0.1) is 17.0 Å². The lowest BCUT2D eigenvalue weighted by Crippen LogP contribution is -2.21. The minimum atomic E-state index is -0.663. The Bertz CT molecular complexity index is 457. The number of rotatable bonds is 3. The Morgan fingerprint density at radius 2 is 1.88 bits per heavy atom. The van der Waals surface area contributed by atoms with E-state index in [2.05, 4.69) is 0 Å². The number of halogens is 2. The third kappa shape index (κ3) is 1.62. The standard InChI is InChI=1S/C13H16F2O2/c1-12(2)6-13(12,7-16)8-4-10(15)11(17-3)5-9(8)14/h4-5,16H,6-7H2,1-3H3. The van der Waals surface area contributed by atoms with Crippen LogP contribution in [0.1, 0.15) is 25.8 Å². The highest BCUT2D eigenvalue weighted by molar-refractivity contribution is 5.42. The quantitative estimate of drug-likeness (QED) is 0.883. The topological polar surface area (TPSA) is 29.5 Å². The Labute approximate surface area is 99.2 Å². The first-order chi connectivity index (χ1) is 7.88. The molecule has 2 rings (SSSR count). The van der Waals surface area contributed by atoms with Gasteiger partial charge in [0.25, 0.3) is 0 Å². The molecule has 0 heterocycles. The van der Waals surface area contributed by atoms with Gasteiger partial charge in [-0.2, -0.15) is 0 Å². The molecule has 1 unspecified atom stereocenters. The van der Waals surface area contributed by atoms with Crippen molar-refractivity contribution in [3.05, 3.63) is 29.3 Å². The van der Waals surface area contributed by atoms with Gasteiger partial charge in [-0.15, -0.1) is 0 Å². The highest BCUT2D eigenvalue weighted by Gasteiger charge is 2.62. The molecule has 94 valence electrons. The Hall–Kier alpha value is -1.16. The largest absolute Gasteiger partial charge is 0.494 e. The van der Waals surface area contributed by atoms with Gasteiger partial charge in [0.15, 0.2) is 11.6 Å². The molecule has 1 aliphatic rings. The summed E-state index contributed by atoms with van der Waals surface area (Å²) in [5, 5.41) is 9.47. The highest BCUT2D eigenvalue weighted by atomic mass is 19.1. The molecule has 0 aromatic heterocycles. The molecular formula is C13H16F2O2. The van der Waals surface area contributed by atoms with Crippen LogP contribution in [0.4, 0.5) is 8.78 Å². The van der Waals surface area contributed by atoms with Gasteiger partial charge in [-0.1, -0.05) is 13.8 Å². The van der Waals surface area contributed by atoms with E-state index in [-0.39, 0.29) is 23.3 Å². The van der Waals surface area contributed by atoms with E-state index in [1.165, 1.54) is 7.11 Å². The molecular weight excluding hydrogens is 226 g/mol. The molecule has 1 atom stereocenters. The van der Waals surface area contributed by atoms with E-state index in [1.807, 2.05) is 13.8 Å². The summed E-state index contributed by atoms with van der Waals surface area (Å²) in [5.74, 6) is -1.24. The van der Waals surface area contributed by atoms with Gasteiger partial charge >= 0.3 is 0 Å². The number of aliphatic hydroxyl groups excluding tert-OH is 1. The van der Waals surface area contributed by atoms with Crippen LogP contribution in [0.25, 0.3) is 0 Å². The van der Waals surface area contributed by atoms with Crippen LogP contribution >= 0.6 is 0 Å². The van der Waals surface area contributed by atoms with E-state index in [0.717, 1.165) is 12.1 Å². The monoisotopic (exact) mass is 242 g/mol. The summed E-state index contributed by atoms with van der Waals surface area (Å²) in [6.45, 7) is 3.69. The van der Waals surface area contributed by atoms with Gasteiger partial charge in [0.2, 0.25) is 0 Å². The summed E-state index contributed by atoms with van der Waals surface area (Å²) >= 11 is 0. The van der Waals surface area contributed by atoms with Gasteiger partial charge in [-0.3, -0.25) is 0 Å². The Morgan fingerprint density at radius 1 is 1.29 bits per heavy atom. The van der Waals surface area contributed by atoms with Crippen molar-refractivity contribution in [1.29, 1.82) is 0 Å². The average molecular weight is 242 g/mol. The van der Waals surface area contributed by atoms with Crippen LogP contribution < -0.4 is 4.74 Å². The molecule has 1 aromatic carbocycles. The van der Waals surface area contributed by atoms with Gasteiger partial charge in [0, 0.05) is 17.0 Å². The van der Waals surface area contributed by atoms with E-state index in [0.29, 0.717) is 6.42 Å². The van der Waals surface area contributed by atoms with Crippen molar-refractivity contribution < 1.29 is 18.6 Å². The highest BCUT2D eigenvalue weighted by Crippen LogP contribution is 2.64. The Balaban J connectivity index is 2.51. The van der Waals surface area contributed by atoms with Crippen molar-refractivity contribution in [3.63, 3.8) is 0 Å². The van der Waals surface area contributed by atoms with E-state index in [4.69, 9.17) is 4.74 Å². The predicted octanol–water partition coefficient (Wildman–Crippen LogP) is 2.63. The molecule has 0 radical (unpaired) electrons. The summed E-state index contributed by atoms with van der Waals surface area (Å²) in [7, 11) is 1.29. The average Bonchev–Trinajstić information content (AvgIpc) is 2.85. The maximum absolute atomic E-state index is 13.9. The van der Waals surface area contributed by atoms with Crippen LogP contribution in [0.2, 0.25) is 0 Å². The summed E-state index contributed by atoms with van der Waals surface area (Å²) in [6, 6.07) is 2.18. The van der Waals surface area contributed by atoms with Crippen LogP contribution in [0.3, 0.4) is 0 Å². The molecule has 0 amide bonds. The molecule has 2 nitrogen and oxygen atoms in total. The normalized spacial score (nSPS) is 25.8. The summed E-state index contributed by atoms with van der Waals surface area (Å²) in [5.41, 5.74) is -0.628. The number of benzene rings is 1. The van der Waals surface area contributed by atoms with Gasteiger partial charge in [0.05, 0.1) is 13.7 Å². The molecule has 0 saturated heterocycles. The molecule has 1 saturated carbocycles. The minimum Gasteiger partial charge on any atom is -0.494 e. The van der Waals surface area contributed by atoms with Crippen LogP contribution in [0.15, 0.2) is 12.1 Å². The molecule has 17 heavy (non-hydrogen) atoms. The lowest BCUT2D eigenvalue weighted by atomic mass is 9.88. The fraction of sp³-hybridized carbons (Fsp3) is 0.538. The molecule has 0 bridgehead atoms. The van der Waals surface area contributed by atoms with Gasteiger partial charge in [-0.05, 0) is 17.9 Å². The first-order valence-electron chi connectivity index (χ1n) is 5.52. The second-order valence-electron chi connectivity index (χ2n) is 5.27. The number of hydrogen-bond acceptors (Lipinski definition) is 2. The van der Waals surface area contributed by atoms with Gasteiger partial charge in [-0.25, -0.2) is 8.78 Å². The van der Waals surface area contributed by atoms with Crippen molar-refractivity contribution in [2.75, 3.05) is 13.7 Å². The lowest BCUT2D eigenvalue weighted by Gasteiger charge is -2.19. The smallest absolute Gasteiger partial charge is 0.165 e. The number of methoxy groups -OCH3 is 1. The van der Waals surface area contributed by atoms with Crippen molar-refractivity contribution >= 4 is 0 Å². The third-order valence-corrected chi connectivity index (χ3v) is 3.94. The fourth-order valence-electron chi connectivity index (χ4n) is 2.58. The Morgan fingerprint density at radius 3 is 2.29 bits per heavy atom. The van der Waals surface area contributed by atoms with Crippen LogP contribution in [-0.2, 0) is 5.41 Å². The second kappa shape index (κ2) is 3.67. The molecule has 0 spiro atoms. The first kappa shape index (κ1) is 12.3. The molecule has 0 aliphatic heterocycles. The molecule has 1 fully saturated rings. The predicted molar refractivity (Wildman–Crippen MR) is 60.1 cm³/mol. The zero-order chi connectivity index (χ0) is 12.8. The lowest BCUT2D eigenvalue weighted by molar-refractivity contribution is 0.227. The fourth-order valence-corrected chi connectivity index (χ4v) is 2.58. The summed E-state index contributed by atoms with van der Waals surface area (Å²) in [4.78, 5) is 0. The van der Waals surface area contributed by atoms with E-state index in [1.54, 1.807) is 0 Å². The van der Waals surface area contributed by atoms with Crippen LogP contribution in [-0.4, -0.2) is 18.8 Å². The van der Waals surface area contributed by atoms with Crippen molar-refractivity contribution in [2.24, 2.45) is 5.41 Å². The van der Waals surface area contributed by atoms with E-state index in [9.17, 15) is 13.9 Å². The SMILES string of the molecule is COc1cc(F)c(C2(CO)CC2(C)C)cc1F. The first-order valence-corrected chi connectivity index (χ1v) is 5.52. The van der Waals surface area contributed by atoms with E-state index < -0.39 is 17.0 Å². The Kier molecular flexibility index (Phi) is 2.65. The summed E-state index contributed by atoms with van der Waals surface area (Å²) < 4.78 is 32.3. The molecule has 1 aromatic rings. The van der Waals surface area contributed by atoms with E-state index >= 15 is 0 Å². The zero-order valence-electron chi connectivity index (χ0n) is 10.2. The van der Waals surface area contributed by atoms with Gasteiger partial charge in [0.1, 0.15) is 5.82 Å². The molecule has 1 aliphatic carbocycles. The molecule has 4 heteroatoms. The number of aliphatic hydroxyl groups is 1.